The first-order valence-electron chi connectivity index (χ1n) is 7.39. The van der Waals surface area contributed by atoms with Gasteiger partial charge in [-0.2, -0.15) is 5.10 Å². The van der Waals surface area contributed by atoms with Gasteiger partial charge in [-0.1, -0.05) is 19.3 Å². The summed E-state index contributed by atoms with van der Waals surface area (Å²) in [4.78, 5) is 2.15. The van der Waals surface area contributed by atoms with Gasteiger partial charge in [0.1, 0.15) is 0 Å². The molecule has 1 aromatic rings. The standard InChI is InChI=1S/C15H27N3O/c1-15(2,12-19)17(3)11-13-9-10-18(16-13)14-7-5-4-6-8-14/h9-10,14,19H,4-8,11-12H2,1-3H3. The molecule has 0 radical (unpaired) electrons. The lowest BCUT2D eigenvalue weighted by Gasteiger charge is -2.33. The minimum absolute atomic E-state index is 0.160. The van der Waals surface area contributed by atoms with E-state index >= 15 is 0 Å². The van der Waals surface area contributed by atoms with Gasteiger partial charge in [0.25, 0.3) is 0 Å². The fraction of sp³-hybridized carbons (Fsp3) is 0.800. The van der Waals surface area contributed by atoms with E-state index in [1.165, 1.54) is 32.1 Å². The van der Waals surface area contributed by atoms with Crippen molar-refractivity contribution in [2.75, 3.05) is 13.7 Å². The van der Waals surface area contributed by atoms with Crippen LogP contribution in [0.2, 0.25) is 0 Å². The predicted octanol–water partition coefficient (Wildman–Crippen LogP) is 2.59. The van der Waals surface area contributed by atoms with Crippen LogP contribution in [0.15, 0.2) is 12.3 Å². The molecule has 0 aromatic carbocycles. The van der Waals surface area contributed by atoms with Crippen molar-refractivity contribution < 1.29 is 5.11 Å². The number of aliphatic hydroxyl groups excluding tert-OH is 1. The zero-order chi connectivity index (χ0) is 13.9. The van der Waals surface area contributed by atoms with E-state index in [4.69, 9.17) is 5.10 Å². The number of hydrogen-bond donors (Lipinski definition) is 1. The van der Waals surface area contributed by atoms with Gasteiger partial charge in [0.2, 0.25) is 0 Å². The van der Waals surface area contributed by atoms with Crippen LogP contribution >= 0.6 is 0 Å². The van der Waals surface area contributed by atoms with Gasteiger partial charge < -0.3 is 5.11 Å². The van der Waals surface area contributed by atoms with E-state index in [9.17, 15) is 5.11 Å². The van der Waals surface area contributed by atoms with Crippen molar-refractivity contribution in [3.8, 4) is 0 Å². The average Bonchev–Trinajstić information content (AvgIpc) is 2.88. The number of nitrogens with zero attached hydrogens (tertiary/aromatic N) is 3. The van der Waals surface area contributed by atoms with Crippen LogP contribution in [0.1, 0.15) is 57.7 Å². The second-order valence-corrected chi connectivity index (χ2v) is 6.41. The summed E-state index contributed by atoms with van der Waals surface area (Å²) in [6, 6.07) is 2.71. The van der Waals surface area contributed by atoms with Gasteiger partial charge in [0.05, 0.1) is 18.3 Å². The van der Waals surface area contributed by atoms with Crippen LogP contribution in [0, 0.1) is 0 Å². The Hall–Kier alpha value is -0.870. The molecule has 0 aliphatic heterocycles. The minimum atomic E-state index is -0.200. The molecule has 0 bridgehead atoms. The summed E-state index contributed by atoms with van der Waals surface area (Å²) in [6.45, 7) is 5.04. The molecule has 0 spiro atoms. The SMILES string of the molecule is CN(Cc1ccn(C2CCCCC2)n1)C(C)(C)CO. The third-order valence-corrected chi connectivity index (χ3v) is 4.43. The molecule has 0 atom stereocenters. The summed E-state index contributed by atoms with van der Waals surface area (Å²) in [5, 5.41) is 14.1. The number of hydrogen-bond acceptors (Lipinski definition) is 3. The van der Waals surface area contributed by atoms with Crippen molar-refractivity contribution in [3.63, 3.8) is 0 Å². The first-order valence-corrected chi connectivity index (χ1v) is 7.39. The van der Waals surface area contributed by atoms with Gasteiger partial charge in [0.15, 0.2) is 0 Å². The van der Waals surface area contributed by atoms with Gasteiger partial charge in [-0.05, 0) is 39.8 Å². The van der Waals surface area contributed by atoms with Crippen LogP contribution in [0.4, 0.5) is 0 Å². The Bertz CT molecular complexity index is 394. The van der Waals surface area contributed by atoms with E-state index in [1.807, 2.05) is 20.9 Å². The first kappa shape index (κ1) is 14.5. The maximum Gasteiger partial charge on any atom is 0.0764 e. The topological polar surface area (TPSA) is 41.3 Å². The Morgan fingerprint density at radius 1 is 1.37 bits per heavy atom. The summed E-state index contributed by atoms with van der Waals surface area (Å²) in [5.74, 6) is 0. The molecule has 1 aromatic heterocycles. The molecule has 0 saturated heterocycles. The maximum absolute atomic E-state index is 9.38. The van der Waals surface area contributed by atoms with E-state index < -0.39 is 0 Å². The van der Waals surface area contributed by atoms with Crippen LogP contribution in [-0.4, -0.2) is 39.0 Å². The highest BCUT2D eigenvalue weighted by Crippen LogP contribution is 2.27. The lowest BCUT2D eigenvalue weighted by atomic mass is 9.96. The zero-order valence-electron chi connectivity index (χ0n) is 12.5. The lowest BCUT2D eigenvalue weighted by Crippen LogP contribution is -2.43. The van der Waals surface area contributed by atoms with Gasteiger partial charge in [0, 0.05) is 18.3 Å². The van der Waals surface area contributed by atoms with Crippen LogP contribution in [0.5, 0.6) is 0 Å². The van der Waals surface area contributed by atoms with Crippen LogP contribution in [-0.2, 0) is 6.54 Å². The summed E-state index contributed by atoms with van der Waals surface area (Å²) in [7, 11) is 2.04. The van der Waals surface area contributed by atoms with Crippen molar-refractivity contribution in [1.82, 2.24) is 14.7 Å². The molecule has 108 valence electrons. The molecular weight excluding hydrogens is 238 g/mol. The number of aromatic nitrogens is 2. The number of aliphatic hydroxyl groups is 1. The highest BCUT2D eigenvalue weighted by Gasteiger charge is 2.23. The van der Waals surface area contributed by atoms with Crippen molar-refractivity contribution in [2.45, 2.75) is 64.1 Å². The Balaban J connectivity index is 1.97. The van der Waals surface area contributed by atoms with Gasteiger partial charge in [-0.3, -0.25) is 9.58 Å². The number of rotatable bonds is 5. The van der Waals surface area contributed by atoms with Crippen molar-refractivity contribution in [3.05, 3.63) is 18.0 Å². The van der Waals surface area contributed by atoms with Crippen LogP contribution in [0.3, 0.4) is 0 Å². The molecule has 1 heterocycles. The van der Waals surface area contributed by atoms with E-state index in [-0.39, 0.29) is 12.1 Å². The summed E-state index contributed by atoms with van der Waals surface area (Å²) >= 11 is 0. The van der Waals surface area contributed by atoms with E-state index in [0.717, 1.165) is 12.2 Å². The molecule has 1 saturated carbocycles. The molecule has 1 aliphatic rings. The Morgan fingerprint density at radius 2 is 2.05 bits per heavy atom. The molecule has 4 heteroatoms. The molecule has 4 nitrogen and oxygen atoms in total. The average molecular weight is 265 g/mol. The molecule has 1 aliphatic carbocycles. The molecule has 1 fully saturated rings. The van der Waals surface area contributed by atoms with Crippen LogP contribution < -0.4 is 0 Å². The lowest BCUT2D eigenvalue weighted by molar-refractivity contribution is 0.0722. The Morgan fingerprint density at radius 3 is 2.68 bits per heavy atom. The van der Waals surface area contributed by atoms with Crippen LogP contribution in [0.25, 0.3) is 0 Å². The Kier molecular flexibility index (Phi) is 4.63. The monoisotopic (exact) mass is 265 g/mol. The highest BCUT2D eigenvalue weighted by molar-refractivity contribution is 5.01. The molecule has 0 amide bonds. The molecular formula is C15H27N3O. The molecule has 19 heavy (non-hydrogen) atoms. The molecule has 1 N–H and O–H groups in total. The predicted molar refractivity (Wildman–Crippen MR) is 77.0 cm³/mol. The number of likely N-dealkylation sites (N-methyl/N-ethyl adjacent to an activating group) is 1. The largest absolute Gasteiger partial charge is 0.394 e. The van der Waals surface area contributed by atoms with Crippen molar-refractivity contribution in [2.24, 2.45) is 0 Å². The fourth-order valence-corrected chi connectivity index (χ4v) is 2.59. The molecule has 2 rings (SSSR count). The summed E-state index contributed by atoms with van der Waals surface area (Å²) < 4.78 is 2.15. The minimum Gasteiger partial charge on any atom is -0.394 e. The second-order valence-electron chi connectivity index (χ2n) is 6.41. The van der Waals surface area contributed by atoms with E-state index in [2.05, 4.69) is 21.8 Å². The van der Waals surface area contributed by atoms with Gasteiger partial charge >= 0.3 is 0 Å². The van der Waals surface area contributed by atoms with Gasteiger partial charge in [-0.25, -0.2) is 0 Å². The summed E-state index contributed by atoms with van der Waals surface area (Å²) in [5.41, 5.74) is 0.892. The smallest absolute Gasteiger partial charge is 0.0764 e. The third-order valence-electron chi connectivity index (χ3n) is 4.43. The molecule has 0 unspecified atom stereocenters. The van der Waals surface area contributed by atoms with Crippen molar-refractivity contribution in [1.29, 1.82) is 0 Å². The quantitative estimate of drug-likeness (QED) is 0.889. The maximum atomic E-state index is 9.38. The van der Waals surface area contributed by atoms with E-state index in [1.54, 1.807) is 0 Å². The summed E-state index contributed by atoms with van der Waals surface area (Å²) in [6.07, 6.45) is 8.68. The van der Waals surface area contributed by atoms with Crippen molar-refractivity contribution >= 4 is 0 Å². The fourth-order valence-electron chi connectivity index (χ4n) is 2.59. The van der Waals surface area contributed by atoms with E-state index in [0.29, 0.717) is 6.04 Å². The third kappa shape index (κ3) is 3.57. The zero-order valence-corrected chi connectivity index (χ0v) is 12.5. The first-order chi connectivity index (χ1) is 9.03. The highest BCUT2D eigenvalue weighted by atomic mass is 16.3. The Labute approximate surface area is 116 Å². The van der Waals surface area contributed by atoms with Gasteiger partial charge in [-0.15, -0.1) is 0 Å². The second kappa shape index (κ2) is 6.06. The normalized spacial score (nSPS) is 18.2.